The molecule has 0 saturated carbocycles. The van der Waals surface area contributed by atoms with Crippen LogP contribution in [-0.4, -0.2) is 47.0 Å². The number of halogens is 1. The summed E-state index contributed by atoms with van der Waals surface area (Å²) >= 11 is 6.28. The van der Waals surface area contributed by atoms with Gasteiger partial charge in [-0.2, -0.15) is 0 Å². The maximum atomic E-state index is 13.6. The maximum Gasteiger partial charge on any atom is 0.247 e. The van der Waals surface area contributed by atoms with Gasteiger partial charge in [0.2, 0.25) is 17.7 Å². The average molecular weight is 577 g/mol. The van der Waals surface area contributed by atoms with Crippen LogP contribution in [0.15, 0.2) is 78.9 Å². The number of ketones is 1. The Morgan fingerprint density at radius 1 is 1.10 bits per heavy atom. The van der Waals surface area contributed by atoms with E-state index in [1.54, 1.807) is 43.4 Å². The molecule has 9 heteroatoms. The SMILES string of the molecule is C=C/C=C\C=C(/C)C(=O)CCC(=O)N1Cc2ccccc2C[C@H]1C(=O)N[C@@H](CCN)C(=O)Nc1c(C)cccc1Cl. The van der Waals surface area contributed by atoms with Crippen molar-refractivity contribution in [1.82, 2.24) is 10.2 Å². The summed E-state index contributed by atoms with van der Waals surface area (Å²) in [5.41, 5.74) is 9.44. The van der Waals surface area contributed by atoms with E-state index >= 15 is 0 Å². The minimum atomic E-state index is -0.935. The predicted octanol–water partition coefficient (Wildman–Crippen LogP) is 4.41. The lowest BCUT2D eigenvalue weighted by Crippen LogP contribution is -2.56. The zero-order valence-electron chi connectivity index (χ0n) is 23.5. The molecular weight excluding hydrogens is 540 g/mol. The Balaban J connectivity index is 1.77. The van der Waals surface area contributed by atoms with E-state index in [0.29, 0.717) is 16.3 Å². The number of nitrogens with two attached hydrogens (primary N) is 1. The minimum Gasteiger partial charge on any atom is -0.342 e. The molecular formula is C32H37ClN4O4. The predicted molar refractivity (Wildman–Crippen MR) is 162 cm³/mol. The number of fused-ring (bicyclic) bond motifs is 1. The number of amides is 3. The Labute approximate surface area is 246 Å². The van der Waals surface area contributed by atoms with Crippen molar-refractivity contribution in [2.24, 2.45) is 5.73 Å². The largest absolute Gasteiger partial charge is 0.342 e. The van der Waals surface area contributed by atoms with Crippen molar-refractivity contribution in [2.45, 2.75) is 58.2 Å². The van der Waals surface area contributed by atoms with Gasteiger partial charge in [-0.15, -0.1) is 0 Å². The van der Waals surface area contributed by atoms with Crippen LogP contribution in [0.3, 0.4) is 0 Å². The van der Waals surface area contributed by atoms with Gasteiger partial charge in [0.25, 0.3) is 0 Å². The first-order valence-electron chi connectivity index (χ1n) is 13.6. The third kappa shape index (κ3) is 8.49. The highest BCUT2D eigenvalue weighted by Crippen LogP contribution is 2.27. The topological polar surface area (TPSA) is 122 Å². The van der Waals surface area contributed by atoms with E-state index in [0.717, 1.165) is 16.7 Å². The summed E-state index contributed by atoms with van der Waals surface area (Å²) < 4.78 is 0. The summed E-state index contributed by atoms with van der Waals surface area (Å²) in [5, 5.41) is 6.01. The van der Waals surface area contributed by atoms with Crippen LogP contribution in [0.5, 0.6) is 0 Å². The average Bonchev–Trinajstić information content (AvgIpc) is 2.96. The zero-order chi connectivity index (χ0) is 29.9. The molecule has 0 saturated heterocycles. The third-order valence-corrected chi connectivity index (χ3v) is 7.34. The number of hydrogen-bond acceptors (Lipinski definition) is 5. The van der Waals surface area contributed by atoms with Gasteiger partial charge in [-0.05, 0) is 55.1 Å². The molecule has 3 amide bonds. The molecule has 8 nitrogen and oxygen atoms in total. The smallest absolute Gasteiger partial charge is 0.247 e. The lowest BCUT2D eigenvalue weighted by atomic mass is 9.92. The van der Waals surface area contributed by atoms with Gasteiger partial charge in [-0.3, -0.25) is 19.2 Å². The fraction of sp³-hybridized carbons (Fsp3) is 0.312. The highest BCUT2D eigenvalue weighted by molar-refractivity contribution is 6.34. The summed E-state index contributed by atoms with van der Waals surface area (Å²) in [5.74, 6) is -1.38. The molecule has 1 aliphatic heterocycles. The molecule has 0 aliphatic carbocycles. The Morgan fingerprint density at radius 3 is 2.51 bits per heavy atom. The Kier molecular flexibility index (Phi) is 11.6. The van der Waals surface area contributed by atoms with Crippen molar-refractivity contribution in [3.63, 3.8) is 0 Å². The number of rotatable bonds is 12. The van der Waals surface area contributed by atoms with Crippen LogP contribution in [0.25, 0.3) is 0 Å². The van der Waals surface area contributed by atoms with Crippen molar-refractivity contribution in [2.75, 3.05) is 11.9 Å². The van der Waals surface area contributed by atoms with E-state index < -0.39 is 23.9 Å². The van der Waals surface area contributed by atoms with Crippen LogP contribution in [0, 0.1) is 6.92 Å². The van der Waals surface area contributed by atoms with Crippen molar-refractivity contribution in [1.29, 1.82) is 0 Å². The van der Waals surface area contributed by atoms with E-state index in [2.05, 4.69) is 17.2 Å². The number of anilines is 1. The second-order valence-electron chi connectivity index (χ2n) is 9.96. The van der Waals surface area contributed by atoms with Crippen LogP contribution in [0.2, 0.25) is 5.02 Å². The number of nitrogens with zero attached hydrogens (tertiary/aromatic N) is 1. The van der Waals surface area contributed by atoms with Crippen LogP contribution >= 0.6 is 11.6 Å². The summed E-state index contributed by atoms with van der Waals surface area (Å²) in [7, 11) is 0. The van der Waals surface area contributed by atoms with Gasteiger partial charge in [0.15, 0.2) is 5.78 Å². The molecule has 3 rings (SSSR count). The molecule has 1 heterocycles. The van der Waals surface area contributed by atoms with Crippen LogP contribution in [0.4, 0.5) is 5.69 Å². The molecule has 0 unspecified atom stereocenters. The van der Waals surface area contributed by atoms with E-state index in [4.69, 9.17) is 17.3 Å². The number of aryl methyl sites for hydroxylation is 1. The first-order valence-corrected chi connectivity index (χ1v) is 14.0. The molecule has 4 N–H and O–H groups in total. The van der Waals surface area contributed by atoms with Crippen LogP contribution in [-0.2, 0) is 32.1 Å². The second kappa shape index (κ2) is 15.1. The summed E-state index contributed by atoms with van der Waals surface area (Å²) in [4.78, 5) is 54.3. The monoisotopic (exact) mass is 576 g/mol. The molecule has 2 atom stereocenters. The van der Waals surface area contributed by atoms with Crippen molar-refractivity contribution in [3.8, 4) is 0 Å². The molecule has 0 spiro atoms. The van der Waals surface area contributed by atoms with Gasteiger partial charge in [0.05, 0.1) is 10.7 Å². The van der Waals surface area contributed by atoms with Gasteiger partial charge in [-0.1, -0.05) is 78.9 Å². The Morgan fingerprint density at radius 2 is 1.83 bits per heavy atom. The number of benzene rings is 2. The van der Waals surface area contributed by atoms with Gasteiger partial charge >= 0.3 is 0 Å². The first-order chi connectivity index (χ1) is 19.7. The van der Waals surface area contributed by atoms with Gasteiger partial charge < -0.3 is 21.3 Å². The standard InChI is InChI=1S/C32H37ClN4O4/c1-4-5-6-10-21(2)28(38)15-16-29(39)37-20-24-13-8-7-12-23(24)19-27(37)32(41)35-26(17-18-34)31(40)36-30-22(3)11-9-14-25(30)33/h4-14,26-27H,1,15-20,34H2,2-3H3,(H,35,41)(H,36,40)/b6-5-,21-10+/t26-,27-/m0/s1. The Bertz CT molecular complexity index is 1350. The van der Waals surface area contributed by atoms with Crippen molar-refractivity contribution >= 4 is 40.8 Å². The minimum absolute atomic E-state index is 0.0188. The molecule has 216 valence electrons. The summed E-state index contributed by atoms with van der Waals surface area (Å²) in [6.07, 6.45) is 7.16. The summed E-state index contributed by atoms with van der Waals surface area (Å²) in [6.45, 7) is 7.50. The van der Waals surface area contributed by atoms with E-state index in [9.17, 15) is 19.2 Å². The number of nitrogens with one attached hydrogen (secondary N) is 2. The quantitative estimate of drug-likeness (QED) is 0.255. The van der Waals surface area contributed by atoms with E-state index in [1.807, 2.05) is 37.3 Å². The number of carbonyl (C=O) groups is 4. The van der Waals surface area contributed by atoms with Gasteiger partial charge in [0.1, 0.15) is 12.1 Å². The molecule has 1 aliphatic rings. The maximum absolute atomic E-state index is 13.6. The number of carbonyl (C=O) groups excluding carboxylic acids is 4. The number of Topliss-reactive ketones (excluding diaryl/α,β-unsaturated/α-hetero) is 1. The van der Waals surface area contributed by atoms with Gasteiger partial charge in [0, 0.05) is 25.8 Å². The third-order valence-electron chi connectivity index (χ3n) is 7.03. The van der Waals surface area contributed by atoms with Crippen molar-refractivity contribution < 1.29 is 19.2 Å². The highest BCUT2D eigenvalue weighted by Gasteiger charge is 2.36. The second-order valence-corrected chi connectivity index (χ2v) is 10.4. The molecule has 2 aromatic rings. The van der Waals surface area contributed by atoms with Crippen LogP contribution < -0.4 is 16.4 Å². The highest BCUT2D eigenvalue weighted by atomic mass is 35.5. The fourth-order valence-corrected chi connectivity index (χ4v) is 4.92. The zero-order valence-corrected chi connectivity index (χ0v) is 24.2. The molecule has 0 aromatic heterocycles. The van der Waals surface area contributed by atoms with Crippen molar-refractivity contribution in [3.05, 3.63) is 101 Å². The number of para-hydroxylation sites is 1. The molecule has 0 radical (unpaired) electrons. The van der Waals surface area contributed by atoms with E-state index in [1.165, 1.54) is 4.90 Å². The van der Waals surface area contributed by atoms with E-state index in [-0.39, 0.29) is 50.5 Å². The molecule has 2 aromatic carbocycles. The number of hydrogen-bond donors (Lipinski definition) is 3. The Hall–Kier alpha value is -4.01. The molecule has 0 bridgehead atoms. The van der Waals surface area contributed by atoms with Gasteiger partial charge in [-0.25, -0.2) is 0 Å². The number of allylic oxidation sites excluding steroid dienone is 5. The fourth-order valence-electron chi connectivity index (χ4n) is 4.66. The summed E-state index contributed by atoms with van der Waals surface area (Å²) in [6, 6.07) is 11.1. The molecule has 41 heavy (non-hydrogen) atoms. The molecule has 0 fully saturated rings. The first kappa shape index (κ1) is 31.5. The lowest BCUT2D eigenvalue weighted by molar-refractivity contribution is -0.143. The normalized spacial score (nSPS) is 15.7. The van der Waals surface area contributed by atoms with Crippen LogP contribution in [0.1, 0.15) is 42.9 Å². The lowest BCUT2D eigenvalue weighted by Gasteiger charge is -2.36.